The molecule has 0 aliphatic rings. The number of aliphatic carboxylic acids is 1. The van der Waals surface area contributed by atoms with E-state index in [4.69, 9.17) is 20.1 Å². The second kappa shape index (κ2) is 16.5. The molecule has 6 nitrogen and oxygen atoms in total. The van der Waals surface area contributed by atoms with Crippen LogP contribution in [0.15, 0.2) is 0 Å². The largest absolute Gasteiger partial charge is 1.00 e. The van der Waals surface area contributed by atoms with Crippen molar-refractivity contribution in [2.24, 2.45) is 5.73 Å². The normalized spacial score (nSPS) is 5.55. The van der Waals surface area contributed by atoms with Crippen molar-refractivity contribution in [3.05, 3.63) is 0 Å². The van der Waals surface area contributed by atoms with Crippen LogP contribution >= 0.6 is 0 Å². The van der Waals surface area contributed by atoms with Crippen LogP contribution in [0.2, 0.25) is 0 Å². The van der Waals surface area contributed by atoms with Crippen LogP contribution in [-0.2, 0) is 4.79 Å². The zero-order valence-electron chi connectivity index (χ0n) is 6.36. The summed E-state index contributed by atoms with van der Waals surface area (Å²) in [6, 6.07) is 0. The molecule has 0 radical (unpaired) electrons. The second-order valence-electron chi connectivity index (χ2n) is 0.848. The maximum absolute atomic E-state index is 9.24. The quantitative estimate of drug-likeness (QED) is 0.356. The standard InChI is InChI=1S/C2H5NO2.CH2O3.2Li/c3-1-2(4)5;2-1(3)4;;/h1,3H2,(H,4,5);(H2,2,3,4);;/q;;2*+1/p-2. The number of carbonyl (C=O) groups is 2. The molecule has 11 heavy (non-hydrogen) atoms. The molecule has 8 heteroatoms. The topological polar surface area (TPSA) is 127 Å². The Morgan fingerprint density at radius 3 is 1.36 bits per heavy atom. The summed E-state index contributed by atoms with van der Waals surface area (Å²) < 4.78 is 0. The molecule has 3 N–H and O–H groups in total. The van der Waals surface area contributed by atoms with Gasteiger partial charge in [0.05, 0.1) is 6.54 Å². The van der Waals surface area contributed by atoms with Crippen molar-refractivity contribution in [3.63, 3.8) is 0 Å². The number of carboxylic acid groups (broad SMARTS) is 3. The van der Waals surface area contributed by atoms with Crippen LogP contribution in [-0.4, -0.2) is 23.8 Å². The minimum atomic E-state index is -2.33. The monoisotopic (exact) mass is 149 g/mol. The third-order valence-electron chi connectivity index (χ3n) is 0.175. The fraction of sp³-hybridized carbons (Fsp3) is 0.333. The van der Waals surface area contributed by atoms with Crippen molar-refractivity contribution in [2.75, 3.05) is 6.54 Å². The molecule has 0 bridgehead atoms. The third kappa shape index (κ3) is 172. The van der Waals surface area contributed by atoms with Crippen molar-refractivity contribution in [1.29, 1.82) is 0 Å². The van der Waals surface area contributed by atoms with E-state index < -0.39 is 12.1 Å². The first-order valence-electron chi connectivity index (χ1n) is 1.80. The Balaban J connectivity index is -0.0000000383. The summed E-state index contributed by atoms with van der Waals surface area (Å²) >= 11 is 0. The molecule has 0 aliphatic carbocycles. The van der Waals surface area contributed by atoms with Gasteiger partial charge in [0, 0.05) is 0 Å². The maximum Gasteiger partial charge on any atom is 1.00 e. The second-order valence-corrected chi connectivity index (χ2v) is 0.848. The molecule has 0 atom stereocenters. The zero-order valence-corrected chi connectivity index (χ0v) is 6.36. The summed E-state index contributed by atoms with van der Waals surface area (Å²) in [5, 5.41) is 24.3. The van der Waals surface area contributed by atoms with E-state index in [1.165, 1.54) is 0 Å². The first-order chi connectivity index (χ1) is 4.00. The smallest absolute Gasteiger partial charge is 0.652 e. The molecule has 0 aliphatic heterocycles. The summed E-state index contributed by atoms with van der Waals surface area (Å²) in [6.07, 6.45) is -2.33. The van der Waals surface area contributed by atoms with Crippen LogP contribution in [0.1, 0.15) is 0 Å². The van der Waals surface area contributed by atoms with E-state index in [0.717, 1.165) is 0 Å². The van der Waals surface area contributed by atoms with Gasteiger partial charge in [-0.15, -0.1) is 0 Å². The van der Waals surface area contributed by atoms with E-state index in [1.807, 2.05) is 0 Å². The average molecular weight is 149 g/mol. The van der Waals surface area contributed by atoms with Gasteiger partial charge in [0.25, 0.3) is 0 Å². The van der Waals surface area contributed by atoms with Crippen LogP contribution < -0.4 is 53.7 Å². The van der Waals surface area contributed by atoms with Crippen LogP contribution in [0.25, 0.3) is 0 Å². The molecule has 0 aromatic rings. The summed E-state index contributed by atoms with van der Waals surface area (Å²) in [5.41, 5.74) is 4.57. The number of nitrogens with two attached hydrogens (primary N) is 1. The Labute approximate surface area is 87.1 Å². The number of carbonyl (C=O) groups excluding carboxylic acids is 1. The molecular formula is C3H5Li2NO5. The van der Waals surface area contributed by atoms with Gasteiger partial charge in [-0.05, 0) is 6.16 Å². The predicted molar refractivity (Wildman–Crippen MR) is 22.1 cm³/mol. The van der Waals surface area contributed by atoms with Crippen LogP contribution in [0.4, 0.5) is 4.79 Å². The molecule has 0 spiro atoms. The van der Waals surface area contributed by atoms with Crippen LogP contribution in [0.3, 0.4) is 0 Å². The maximum atomic E-state index is 9.24. The van der Waals surface area contributed by atoms with Gasteiger partial charge in [0.1, 0.15) is 0 Å². The van der Waals surface area contributed by atoms with E-state index >= 15 is 0 Å². The van der Waals surface area contributed by atoms with Crippen molar-refractivity contribution >= 4 is 12.1 Å². The van der Waals surface area contributed by atoms with E-state index in [0.29, 0.717) is 0 Å². The molecule has 0 saturated heterocycles. The summed E-state index contributed by atoms with van der Waals surface area (Å²) in [6.45, 7) is -0.278. The number of hydrogen-bond acceptors (Lipinski definition) is 5. The van der Waals surface area contributed by atoms with E-state index in [2.05, 4.69) is 5.73 Å². The van der Waals surface area contributed by atoms with E-state index in [-0.39, 0.29) is 44.3 Å². The van der Waals surface area contributed by atoms with Crippen molar-refractivity contribution in [1.82, 2.24) is 0 Å². The van der Waals surface area contributed by atoms with Gasteiger partial charge >= 0.3 is 43.7 Å². The summed E-state index contributed by atoms with van der Waals surface area (Å²) in [4.78, 5) is 17.6. The van der Waals surface area contributed by atoms with E-state index in [9.17, 15) is 4.79 Å². The van der Waals surface area contributed by atoms with Crippen LogP contribution in [0, 0.1) is 0 Å². The molecule has 0 heterocycles. The summed E-state index contributed by atoms with van der Waals surface area (Å²) in [5.74, 6) is -0.968. The van der Waals surface area contributed by atoms with Crippen molar-refractivity contribution < 1.29 is 62.6 Å². The van der Waals surface area contributed by atoms with Gasteiger partial charge in [-0.1, -0.05) is 0 Å². The Kier molecular flexibility index (Phi) is 33.6. The van der Waals surface area contributed by atoms with Gasteiger partial charge in [-0.3, -0.25) is 4.79 Å². The molecule has 0 rings (SSSR count). The first-order valence-corrected chi connectivity index (χ1v) is 1.80. The Morgan fingerprint density at radius 2 is 1.36 bits per heavy atom. The molecule has 0 amide bonds. The van der Waals surface area contributed by atoms with E-state index in [1.54, 1.807) is 0 Å². The minimum absolute atomic E-state index is 0. The molecule has 0 saturated carbocycles. The number of carboxylic acids is 1. The summed E-state index contributed by atoms with van der Waals surface area (Å²) in [7, 11) is 0. The van der Waals surface area contributed by atoms with Crippen molar-refractivity contribution in [3.8, 4) is 0 Å². The zero-order chi connectivity index (χ0) is 7.86. The fourth-order valence-corrected chi connectivity index (χ4v) is 0. The van der Waals surface area contributed by atoms with Gasteiger partial charge < -0.3 is 25.8 Å². The van der Waals surface area contributed by atoms with Crippen LogP contribution in [0.5, 0.6) is 0 Å². The van der Waals surface area contributed by atoms with Gasteiger partial charge in [-0.25, -0.2) is 0 Å². The molecule has 0 aromatic heterocycles. The molecule has 0 aromatic carbocycles. The SMILES string of the molecule is NCC(=O)O.O=C([O-])[O-].[Li+].[Li+]. The molecule has 54 valence electrons. The van der Waals surface area contributed by atoms with Crippen molar-refractivity contribution in [2.45, 2.75) is 0 Å². The Hall–Kier alpha value is -0.105. The first kappa shape index (κ1) is 22.4. The molecule has 0 unspecified atom stereocenters. The predicted octanol–water partition coefficient (Wildman–Crippen LogP) is -9.41. The fourth-order valence-electron chi connectivity index (χ4n) is 0. The Morgan fingerprint density at radius 1 is 1.27 bits per heavy atom. The van der Waals surface area contributed by atoms with Gasteiger partial charge in [0.2, 0.25) is 0 Å². The average Bonchev–Trinajstić information content (AvgIpc) is 1.65. The third-order valence-corrected chi connectivity index (χ3v) is 0.175. The Bertz CT molecular complexity index is 104. The van der Waals surface area contributed by atoms with Gasteiger partial charge in [0.15, 0.2) is 0 Å². The molecular weight excluding hydrogens is 144 g/mol. The number of rotatable bonds is 1. The van der Waals surface area contributed by atoms with Gasteiger partial charge in [-0.2, -0.15) is 0 Å². The number of hydrogen-bond donors (Lipinski definition) is 2. The molecule has 0 fully saturated rings. The minimum Gasteiger partial charge on any atom is -0.652 e.